The first-order valence-electron chi connectivity index (χ1n) is 4.93. The second-order valence-electron chi connectivity index (χ2n) is 4.38. The maximum Gasteiger partial charge on any atom is 0.443 e. The van der Waals surface area contributed by atoms with Gasteiger partial charge < -0.3 is 14.3 Å². The Morgan fingerprint density at radius 3 is 2.47 bits per heavy atom. The molecule has 2 N–H and O–H groups in total. The van der Waals surface area contributed by atoms with E-state index in [1.807, 2.05) is 30.8 Å². The van der Waals surface area contributed by atoms with Crippen molar-refractivity contribution < 1.29 is 8.54 Å². The molecule has 0 saturated heterocycles. The van der Waals surface area contributed by atoms with Gasteiger partial charge in [0, 0.05) is 11.8 Å². The quantitative estimate of drug-likeness (QED) is 0.650. The van der Waals surface area contributed by atoms with E-state index in [2.05, 4.69) is 19.6 Å². The second kappa shape index (κ2) is 4.82. The highest BCUT2D eigenvalue weighted by Crippen LogP contribution is 2.16. The standard InChI is InChI=1S/C10H18NO2Si2/c1-14(13-15(2,3)4)12-10-7-5-6-9(11)8-10/h5-8H,11H2,1-4H3. The Labute approximate surface area is 94.2 Å². The minimum absolute atomic E-state index is 0.718. The van der Waals surface area contributed by atoms with Gasteiger partial charge in [-0.2, -0.15) is 0 Å². The Bertz CT molecular complexity index is 325. The molecule has 0 aliphatic carbocycles. The maximum atomic E-state index is 5.86. The molecule has 15 heavy (non-hydrogen) atoms. The lowest BCUT2D eigenvalue weighted by Crippen LogP contribution is -2.36. The van der Waals surface area contributed by atoms with Crippen LogP contribution in [0.2, 0.25) is 26.2 Å². The molecule has 0 amide bonds. The van der Waals surface area contributed by atoms with E-state index >= 15 is 0 Å². The first kappa shape index (κ1) is 12.3. The first-order valence-corrected chi connectivity index (χ1v) is 10.2. The van der Waals surface area contributed by atoms with Gasteiger partial charge >= 0.3 is 9.28 Å². The third-order valence-corrected chi connectivity index (χ3v) is 5.69. The second-order valence-corrected chi connectivity index (χ2v) is 10.6. The predicted molar refractivity (Wildman–Crippen MR) is 67.5 cm³/mol. The smallest absolute Gasteiger partial charge is 0.443 e. The van der Waals surface area contributed by atoms with E-state index in [-0.39, 0.29) is 0 Å². The van der Waals surface area contributed by atoms with Crippen LogP contribution in [-0.2, 0) is 4.12 Å². The molecule has 0 atom stereocenters. The van der Waals surface area contributed by atoms with Crippen LogP contribution >= 0.6 is 0 Å². The van der Waals surface area contributed by atoms with Crippen LogP contribution < -0.4 is 10.2 Å². The van der Waals surface area contributed by atoms with Gasteiger partial charge in [0.15, 0.2) is 8.32 Å². The molecule has 0 saturated carbocycles. The maximum absolute atomic E-state index is 5.86. The van der Waals surface area contributed by atoms with Crippen LogP contribution in [0.5, 0.6) is 5.75 Å². The predicted octanol–water partition coefficient (Wildman–Crippen LogP) is 2.62. The van der Waals surface area contributed by atoms with Crippen molar-refractivity contribution in [1.82, 2.24) is 0 Å². The molecule has 1 aromatic rings. The number of hydrogen-bond acceptors (Lipinski definition) is 3. The van der Waals surface area contributed by atoms with Crippen LogP contribution in [-0.4, -0.2) is 17.6 Å². The molecule has 1 rings (SSSR count). The van der Waals surface area contributed by atoms with Gasteiger partial charge in [-0.3, -0.25) is 0 Å². The highest BCUT2D eigenvalue weighted by molar-refractivity contribution is 6.75. The van der Waals surface area contributed by atoms with Crippen molar-refractivity contribution >= 4 is 23.3 Å². The summed E-state index contributed by atoms with van der Waals surface area (Å²) in [5, 5.41) is 0. The molecule has 0 unspecified atom stereocenters. The Hall–Kier alpha value is -0.786. The van der Waals surface area contributed by atoms with Crippen LogP contribution in [0.4, 0.5) is 5.69 Å². The summed E-state index contributed by atoms with van der Waals surface area (Å²) in [6.07, 6.45) is 0. The fourth-order valence-electron chi connectivity index (χ4n) is 1.20. The molecule has 3 nitrogen and oxygen atoms in total. The molecule has 83 valence electrons. The van der Waals surface area contributed by atoms with Crippen molar-refractivity contribution in [2.24, 2.45) is 0 Å². The molecule has 0 spiro atoms. The molecule has 0 aliphatic heterocycles. The molecule has 1 radical (unpaired) electrons. The van der Waals surface area contributed by atoms with Crippen LogP contribution in [0.1, 0.15) is 0 Å². The molecule has 0 aliphatic rings. The Morgan fingerprint density at radius 2 is 1.93 bits per heavy atom. The fraction of sp³-hybridized carbons (Fsp3) is 0.400. The number of hydrogen-bond donors (Lipinski definition) is 1. The minimum Gasteiger partial charge on any atom is -0.519 e. The van der Waals surface area contributed by atoms with Gasteiger partial charge in [0.1, 0.15) is 5.75 Å². The highest BCUT2D eigenvalue weighted by Gasteiger charge is 2.22. The Morgan fingerprint density at radius 1 is 1.27 bits per heavy atom. The monoisotopic (exact) mass is 240 g/mol. The molecule has 1 aromatic carbocycles. The summed E-state index contributed by atoms with van der Waals surface area (Å²) in [5.74, 6) is 0.796. The van der Waals surface area contributed by atoms with Gasteiger partial charge in [0.2, 0.25) is 0 Å². The summed E-state index contributed by atoms with van der Waals surface area (Å²) < 4.78 is 11.6. The van der Waals surface area contributed by atoms with Crippen LogP contribution in [0.15, 0.2) is 24.3 Å². The van der Waals surface area contributed by atoms with E-state index in [1.54, 1.807) is 0 Å². The lowest BCUT2D eigenvalue weighted by atomic mass is 10.3. The SMILES string of the molecule is C[Si](Oc1cccc(N)c1)O[Si](C)(C)C. The zero-order chi connectivity index (χ0) is 11.5. The molecule has 0 bridgehead atoms. The van der Waals surface area contributed by atoms with Crippen molar-refractivity contribution in [3.8, 4) is 5.75 Å². The minimum atomic E-state index is -1.50. The number of nitrogen functional groups attached to an aromatic ring is 1. The van der Waals surface area contributed by atoms with E-state index in [0.717, 1.165) is 11.4 Å². The molecule has 5 heteroatoms. The van der Waals surface area contributed by atoms with E-state index in [0.29, 0.717) is 0 Å². The van der Waals surface area contributed by atoms with Gasteiger partial charge in [-0.1, -0.05) is 6.07 Å². The lowest BCUT2D eigenvalue weighted by molar-refractivity contribution is 0.430. The highest BCUT2D eigenvalue weighted by atomic mass is 28.4. The number of anilines is 1. The lowest BCUT2D eigenvalue weighted by Gasteiger charge is -2.22. The van der Waals surface area contributed by atoms with Gasteiger partial charge in [-0.25, -0.2) is 0 Å². The van der Waals surface area contributed by atoms with Gasteiger partial charge in [0.25, 0.3) is 0 Å². The van der Waals surface area contributed by atoms with Gasteiger partial charge in [-0.05, 0) is 38.3 Å². The van der Waals surface area contributed by atoms with E-state index in [9.17, 15) is 0 Å². The fourth-order valence-corrected chi connectivity index (χ4v) is 5.27. The number of rotatable bonds is 4. The largest absolute Gasteiger partial charge is 0.519 e. The molecular weight excluding hydrogens is 222 g/mol. The topological polar surface area (TPSA) is 44.5 Å². The molecule has 0 aromatic heterocycles. The van der Waals surface area contributed by atoms with E-state index in [1.165, 1.54) is 0 Å². The number of benzene rings is 1. The summed E-state index contributed by atoms with van der Waals surface area (Å²) in [6.45, 7) is 8.48. The van der Waals surface area contributed by atoms with Crippen LogP contribution in [0.25, 0.3) is 0 Å². The van der Waals surface area contributed by atoms with Crippen LogP contribution in [0.3, 0.4) is 0 Å². The van der Waals surface area contributed by atoms with Gasteiger partial charge in [0.05, 0.1) is 0 Å². The first-order chi connectivity index (χ1) is 6.87. The summed E-state index contributed by atoms with van der Waals surface area (Å²) >= 11 is 0. The molecule has 0 fully saturated rings. The van der Waals surface area contributed by atoms with Gasteiger partial charge in [-0.15, -0.1) is 0 Å². The van der Waals surface area contributed by atoms with Crippen molar-refractivity contribution in [2.75, 3.05) is 5.73 Å². The Kier molecular flexibility index (Phi) is 3.95. The summed E-state index contributed by atoms with van der Waals surface area (Å²) in [7, 11) is -2.71. The van der Waals surface area contributed by atoms with E-state index in [4.69, 9.17) is 14.3 Å². The van der Waals surface area contributed by atoms with Crippen molar-refractivity contribution in [3.05, 3.63) is 24.3 Å². The normalized spacial score (nSPS) is 11.8. The van der Waals surface area contributed by atoms with Crippen molar-refractivity contribution in [3.63, 3.8) is 0 Å². The average molecular weight is 240 g/mol. The van der Waals surface area contributed by atoms with Crippen LogP contribution in [0, 0.1) is 0 Å². The summed E-state index contributed by atoms with van der Waals surface area (Å²) in [5.41, 5.74) is 6.38. The summed E-state index contributed by atoms with van der Waals surface area (Å²) in [6, 6.07) is 7.45. The average Bonchev–Trinajstić information content (AvgIpc) is 1.99. The van der Waals surface area contributed by atoms with Crippen molar-refractivity contribution in [1.29, 1.82) is 0 Å². The molecular formula is C10H18NO2Si2. The third kappa shape index (κ3) is 5.01. The zero-order valence-electron chi connectivity index (χ0n) is 9.70. The third-order valence-electron chi connectivity index (χ3n) is 1.57. The van der Waals surface area contributed by atoms with E-state index < -0.39 is 17.6 Å². The van der Waals surface area contributed by atoms with Crippen molar-refractivity contribution in [2.45, 2.75) is 26.2 Å². The molecule has 0 heterocycles. The zero-order valence-corrected chi connectivity index (χ0v) is 11.7. The Balaban J connectivity index is 2.55. The number of nitrogens with two attached hydrogens (primary N) is 1. The summed E-state index contributed by atoms with van der Waals surface area (Å²) in [4.78, 5) is 0.